The number of hydrogen-bond donors (Lipinski definition) is 2. The van der Waals surface area contributed by atoms with E-state index in [9.17, 15) is 8.42 Å². The van der Waals surface area contributed by atoms with Crippen molar-refractivity contribution < 1.29 is 13.2 Å². The fourth-order valence-corrected chi connectivity index (χ4v) is 4.22. The Hall–Kier alpha value is -0.790. The average molecular weight is 363 g/mol. The van der Waals surface area contributed by atoms with Gasteiger partial charge in [-0.15, -0.1) is 0 Å². The molecule has 1 saturated heterocycles. The minimum atomic E-state index is -3.36. The number of piperidine rings is 1. The van der Waals surface area contributed by atoms with Gasteiger partial charge in [0.15, 0.2) is 0 Å². The summed E-state index contributed by atoms with van der Waals surface area (Å²) < 4.78 is 33.1. The molecule has 0 aromatic heterocycles. The molecule has 1 fully saturated rings. The largest absolute Gasteiger partial charge is 0.495 e. The molecule has 0 saturated carbocycles. The first-order valence-corrected chi connectivity index (χ1v) is 8.99. The highest BCUT2D eigenvalue weighted by atomic mass is 79.9. The van der Waals surface area contributed by atoms with Crippen LogP contribution in [0.5, 0.6) is 5.75 Å². The fourth-order valence-electron chi connectivity index (χ4n) is 2.33. The maximum absolute atomic E-state index is 12.2. The summed E-state index contributed by atoms with van der Waals surface area (Å²) in [5.41, 5.74) is 0.468. The van der Waals surface area contributed by atoms with E-state index in [-0.39, 0.29) is 11.7 Å². The molecule has 20 heavy (non-hydrogen) atoms. The summed E-state index contributed by atoms with van der Waals surface area (Å²) in [6, 6.07) is 5.24. The maximum atomic E-state index is 12.2. The van der Waals surface area contributed by atoms with Gasteiger partial charge >= 0.3 is 0 Å². The third-order valence-electron chi connectivity index (χ3n) is 3.34. The molecule has 0 unspecified atom stereocenters. The Morgan fingerprint density at radius 1 is 1.40 bits per heavy atom. The average Bonchev–Trinajstić information content (AvgIpc) is 2.39. The number of nitrogens with one attached hydrogen (secondary N) is 2. The van der Waals surface area contributed by atoms with E-state index in [4.69, 9.17) is 4.74 Å². The van der Waals surface area contributed by atoms with Crippen molar-refractivity contribution in [2.75, 3.05) is 30.7 Å². The third kappa shape index (κ3) is 4.36. The molecule has 1 aromatic carbocycles. The lowest BCUT2D eigenvalue weighted by molar-refractivity contribution is 0.401. The van der Waals surface area contributed by atoms with Gasteiger partial charge in [-0.25, -0.2) is 8.42 Å². The van der Waals surface area contributed by atoms with E-state index in [1.807, 2.05) is 6.07 Å². The summed E-state index contributed by atoms with van der Waals surface area (Å²) >= 11 is 3.33. The summed E-state index contributed by atoms with van der Waals surface area (Å²) in [5.74, 6) is 0.888. The normalized spacial score (nSPS) is 16.9. The minimum absolute atomic E-state index is 0.157. The summed E-state index contributed by atoms with van der Waals surface area (Å²) in [7, 11) is -1.84. The van der Waals surface area contributed by atoms with Crippen LogP contribution in [0.1, 0.15) is 12.8 Å². The highest BCUT2D eigenvalue weighted by Crippen LogP contribution is 2.29. The lowest BCUT2D eigenvalue weighted by Gasteiger charge is -2.22. The van der Waals surface area contributed by atoms with Crippen molar-refractivity contribution in [3.8, 4) is 5.75 Å². The van der Waals surface area contributed by atoms with E-state index in [1.165, 1.54) is 7.11 Å². The van der Waals surface area contributed by atoms with Crippen molar-refractivity contribution >= 4 is 31.6 Å². The Labute approximate surface area is 128 Å². The van der Waals surface area contributed by atoms with Crippen molar-refractivity contribution in [2.24, 2.45) is 5.92 Å². The fraction of sp³-hybridized carbons (Fsp3) is 0.538. The second-order valence-corrected chi connectivity index (χ2v) is 7.60. The van der Waals surface area contributed by atoms with E-state index in [1.54, 1.807) is 12.1 Å². The number of anilines is 1. The topological polar surface area (TPSA) is 67.4 Å². The van der Waals surface area contributed by atoms with Crippen molar-refractivity contribution in [2.45, 2.75) is 12.8 Å². The van der Waals surface area contributed by atoms with Crippen LogP contribution in [-0.4, -0.2) is 34.4 Å². The molecule has 0 amide bonds. The molecule has 0 aliphatic carbocycles. The van der Waals surface area contributed by atoms with Crippen LogP contribution in [0.4, 0.5) is 5.69 Å². The molecule has 1 heterocycles. The van der Waals surface area contributed by atoms with E-state index >= 15 is 0 Å². The minimum Gasteiger partial charge on any atom is -0.495 e. The van der Waals surface area contributed by atoms with Crippen LogP contribution < -0.4 is 14.8 Å². The smallest absolute Gasteiger partial charge is 0.233 e. The van der Waals surface area contributed by atoms with Crippen LogP contribution >= 0.6 is 15.9 Å². The maximum Gasteiger partial charge on any atom is 0.233 e. The number of benzene rings is 1. The van der Waals surface area contributed by atoms with Crippen molar-refractivity contribution in [3.05, 3.63) is 22.7 Å². The van der Waals surface area contributed by atoms with Crippen molar-refractivity contribution in [1.82, 2.24) is 5.32 Å². The molecule has 1 aliphatic heterocycles. The predicted octanol–water partition coefficient (Wildman–Crippen LogP) is 2.20. The van der Waals surface area contributed by atoms with E-state index < -0.39 is 10.0 Å². The Bertz CT molecular complexity index is 557. The third-order valence-corrected chi connectivity index (χ3v) is 5.28. The first-order valence-electron chi connectivity index (χ1n) is 6.55. The zero-order chi connectivity index (χ0) is 14.6. The van der Waals surface area contributed by atoms with Gasteiger partial charge in [0, 0.05) is 4.47 Å². The van der Waals surface area contributed by atoms with Gasteiger partial charge in [-0.3, -0.25) is 4.72 Å². The van der Waals surface area contributed by atoms with E-state index in [2.05, 4.69) is 26.0 Å². The molecule has 112 valence electrons. The van der Waals surface area contributed by atoms with Gasteiger partial charge in [0.25, 0.3) is 0 Å². The number of hydrogen-bond acceptors (Lipinski definition) is 4. The molecule has 1 aliphatic rings. The van der Waals surface area contributed by atoms with Crippen LogP contribution in [0.15, 0.2) is 22.7 Å². The number of rotatable bonds is 5. The van der Waals surface area contributed by atoms with Gasteiger partial charge in [-0.05, 0) is 50.0 Å². The number of sulfonamides is 1. The van der Waals surface area contributed by atoms with Crippen molar-refractivity contribution in [3.63, 3.8) is 0 Å². The summed E-state index contributed by atoms with van der Waals surface area (Å²) in [6.45, 7) is 1.78. The highest BCUT2D eigenvalue weighted by molar-refractivity contribution is 9.10. The second kappa shape index (κ2) is 6.78. The van der Waals surface area contributed by atoms with Gasteiger partial charge in [0.05, 0.1) is 18.6 Å². The first-order chi connectivity index (χ1) is 9.50. The first kappa shape index (κ1) is 15.6. The van der Waals surface area contributed by atoms with Gasteiger partial charge in [0.2, 0.25) is 10.0 Å². The van der Waals surface area contributed by atoms with Crippen LogP contribution in [0.25, 0.3) is 0 Å². The van der Waals surface area contributed by atoms with Gasteiger partial charge in [-0.1, -0.05) is 15.9 Å². The van der Waals surface area contributed by atoms with Gasteiger partial charge < -0.3 is 10.1 Å². The number of methoxy groups -OCH3 is 1. The standard InChI is InChI=1S/C13H19BrN2O3S/c1-19-13-3-2-11(14)8-12(13)16-20(17,18)9-10-4-6-15-7-5-10/h2-3,8,10,15-16H,4-7,9H2,1H3. The number of ether oxygens (including phenoxy) is 1. The molecule has 0 atom stereocenters. The van der Waals surface area contributed by atoms with E-state index in [0.717, 1.165) is 30.4 Å². The molecule has 0 bridgehead atoms. The SMILES string of the molecule is COc1ccc(Br)cc1NS(=O)(=O)CC1CCNCC1. The predicted molar refractivity (Wildman–Crippen MR) is 83.7 cm³/mol. The zero-order valence-corrected chi connectivity index (χ0v) is 13.8. The Kier molecular flexibility index (Phi) is 5.29. The second-order valence-electron chi connectivity index (χ2n) is 4.92. The molecule has 0 radical (unpaired) electrons. The Morgan fingerprint density at radius 3 is 2.75 bits per heavy atom. The molecule has 2 N–H and O–H groups in total. The molecular formula is C13H19BrN2O3S. The molecular weight excluding hydrogens is 344 g/mol. The molecule has 2 rings (SSSR count). The molecule has 5 nitrogen and oxygen atoms in total. The van der Waals surface area contributed by atoms with E-state index in [0.29, 0.717) is 11.4 Å². The zero-order valence-electron chi connectivity index (χ0n) is 11.4. The number of halogens is 1. The van der Waals surface area contributed by atoms with Gasteiger partial charge in [-0.2, -0.15) is 0 Å². The van der Waals surface area contributed by atoms with Gasteiger partial charge in [0.1, 0.15) is 5.75 Å². The summed E-state index contributed by atoms with van der Waals surface area (Å²) in [6.07, 6.45) is 1.80. The van der Waals surface area contributed by atoms with Crippen LogP contribution in [0.2, 0.25) is 0 Å². The Balaban J connectivity index is 2.09. The molecule has 0 spiro atoms. The quantitative estimate of drug-likeness (QED) is 0.842. The van der Waals surface area contributed by atoms with Crippen LogP contribution in [0, 0.1) is 5.92 Å². The summed E-state index contributed by atoms with van der Waals surface area (Å²) in [5, 5.41) is 3.23. The van der Waals surface area contributed by atoms with Crippen LogP contribution in [0.3, 0.4) is 0 Å². The van der Waals surface area contributed by atoms with Crippen molar-refractivity contribution in [1.29, 1.82) is 0 Å². The lowest BCUT2D eigenvalue weighted by atomic mass is 10.0. The molecule has 1 aromatic rings. The lowest BCUT2D eigenvalue weighted by Crippen LogP contribution is -2.33. The monoisotopic (exact) mass is 362 g/mol. The molecule has 7 heteroatoms. The Morgan fingerprint density at radius 2 is 2.10 bits per heavy atom. The summed E-state index contributed by atoms with van der Waals surface area (Å²) in [4.78, 5) is 0. The highest BCUT2D eigenvalue weighted by Gasteiger charge is 2.22. The van der Waals surface area contributed by atoms with Crippen LogP contribution in [-0.2, 0) is 10.0 Å².